The number of ketones is 1. The van der Waals surface area contributed by atoms with Gasteiger partial charge in [-0.05, 0) is 24.5 Å². The van der Waals surface area contributed by atoms with Crippen LogP contribution in [0.5, 0.6) is 0 Å². The SMILES string of the molecule is CC(C)CC(N)C(=O)c1ccccc1F. The second-order valence-electron chi connectivity index (χ2n) is 4.08. The van der Waals surface area contributed by atoms with Crippen LogP contribution in [-0.2, 0) is 0 Å². The molecule has 0 aliphatic heterocycles. The van der Waals surface area contributed by atoms with E-state index in [1.54, 1.807) is 12.1 Å². The number of Topliss-reactive ketones (excluding diaryl/α,β-unsaturated/α-hetero) is 1. The monoisotopic (exact) mass is 209 g/mol. The fraction of sp³-hybridized carbons (Fsp3) is 0.417. The highest BCUT2D eigenvalue weighted by atomic mass is 19.1. The lowest BCUT2D eigenvalue weighted by atomic mass is 9.96. The smallest absolute Gasteiger partial charge is 0.182 e. The van der Waals surface area contributed by atoms with Gasteiger partial charge in [0.2, 0.25) is 0 Å². The molecule has 1 unspecified atom stereocenters. The molecule has 0 aliphatic carbocycles. The minimum Gasteiger partial charge on any atom is -0.321 e. The van der Waals surface area contributed by atoms with Crippen molar-refractivity contribution in [1.29, 1.82) is 0 Å². The molecule has 0 saturated carbocycles. The fourth-order valence-corrected chi connectivity index (χ4v) is 1.48. The lowest BCUT2D eigenvalue weighted by Gasteiger charge is -2.13. The maximum Gasteiger partial charge on any atom is 0.182 e. The molecular formula is C12H16FNO. The highest BCUT2D eigenvalue weighted by Crippen LogP contribution is 2.12. The van der Waals surface area contributed by atoms with E-state index in [9.17, 15) is 9.18 Å². The molecule has 0 amide bonds. The molecule has 0 heterocycles. The summed E-state index contributed by atoms with van der Waals surface area (Å²) in [5.41, 5.74) is 5.79. The summed E-state index contributed by atoms with van der Waals surface area (Å²) in [6, 6.07) is 5.33. The Bertz CT molecular complexity index is 349. The molecule has 0 radical (unpaired) electrons. The number of hydrogen-bond acceptors (Lipinski definition) is 2. The van der Waals surface area contributed by atoms with Gasteiger partial charge in [0.05, 0.1) is 11.6 Å². The number of rotatable bonds is 4. The molecule has 0 aliphatic rings. The Labute approximate surface area is 89.3 Å². The Hall–Kier alpha value is -1.22. The van der Waals surface area contributed by atoms with Crippen LogP contribution in [0, 0.1) is 11.7 Å². The van der Waals surface area contributed by atoms with Crippen molar-refractivity contribution in [1.82, 2.24) is 0 Å². The molecule has 0 bridgehead atoms. The Balaban J connectivity index is 2.81. The van der Waals surface area contributed by atoms with Crippen LogP contribution in [0.3, 0.4) is 0 Å². The molecule has 3 heteroatoms. The topological polar surface area (TPSA) is 43.1 Å². The molecule has 0 saturated heterocycles. The Morgan fingerprint density at radius 2 is 2.00 bits per heavy atom. The first-order chi connectivity index (χ1) is 7.02. The maximum atomic E-state index is 13.3. The normalized spacial score (nSPS) is 12.9. The van der Waals surface area contributed by atoms with Crippen LogP contribution in [0.1, 0.15) is 30.6 Å². The minimum atomic E-state index is -0.609. The zero-order valence-electron chi connectivity index (χ0n) is 9.03. The van der Waals surface area contributed by atoms with Gasteiger partial charge in [0.25, 0.3) is 0 Å². The summed E-state index contributed by atoms with van der Waals surface area (Å²) in [5, 5.41) is 0. The summed E-state index contributed by atoms with van der Waals surface area (Å²) >= 11 is 0. The quantitative estimate of drug-likeness (QED) is 0.774. The average molecular weight is 209 g/mol. The zero-order valence-corrected chi connectivity index (χ0v) is 9.03. The number of benzene rings is 1. The first kappa shape index (κ1) is 11.9. The van der Waals surface area contributed by atoms with Gasteiger partial charge in [0.1, 0.15) is 5.82 Å². The molecule has 0 spiro atoms. The standard InChI is InChI=1S/C12H16FNO/c1-8(2)7-11(14)12(15)9-5-3-4-6-10(9)13/h3-6,8,11H,7,14H2,1-2H3. The second kappa shape index (κ2) is 5.03. The van der Waals surface area contributed by atoms with Crippen molar-refractivity contribution < 1.29 is 9.18 Å². The number of nitrogens with two attached hydrogens (primary N) is 1. The average Bonchev–Trinajstić information content (AvgIpc) is 2.16. The van der Waals surface area contributed by atoms with Gasteiger partial charge in [-0.3, -0.25) is 4.79 Å². The van der Waals surface area contributed by atoms with E-state index < -0.39 is 11.9 Å². The van der Waals surface area contributed by atoms with Gasteiger partial charge >= 0.3 is 0 Å². The van der Waals surface area contributed by atoms with Crippen LogP contribution >= 0.6 is 0 Å². The lowest BCUT2D eigenvalue weighted by Crippen LogP contribution is -2.32. The summed E-state index contributed by atoms with van der Waals surface area (Å²) in [5.74, 6) is -0.487. The molecule has 1 aromatic carbocycles. The van der Waals surface area contributed by atoms with E-state index in [0.29, 0.717) is 12.3 Å². The van der Waals surface area contributed by atoms with Crippen LogP contribution in [-0.4, -0.2) is 11.8 Å². The molecule has 0 aromatic heterocycles. The number of hydrogen-bond donors (Lipinski definition) is 1. The van der Waals surface area contributed by atoms with E-state index in [0.717, 1.165) is 0 Å². The summed E-state index contributed by atoms with van der Waals surface area (Å²) in [4.78, 5) is 11.7. The molecule has 15 heavy (non-hydrogen) atoms. The van der Waals surface area contributed by atoms with Crippen molar-refractivity contribution >= 4 is 5.78 Å². The van der Waals surface area contributed by atoms with Gasteiger partial charge in [0, 0.05) is 0 Å². The highest BCUT2D eigenvalue weighted by Gasteiger charge is 2.19. The van der Waals surface area contributed by atoms with Crippen molar-refractivity contribution in [3.63, 3.8) is 0 Å². The van der Waals surface area contributed by atoms with Crippen molar-refractivity contribution in [2.24, 2.45) is 11.7 Å². The summed E-state index contributed by atoms with van der Waals surface area (Å²) in [7, 11) is 0. The molecule has 2 nitrogen and oxygen atoms in total. The van der Waals surface area contributed by atoms with Gasteiger partial charge in [-0.1, -0.05) is 26.0 Å². The van der Waals surface area contributed by atoms with Crippen molar-refractivity contribution in [3.05, 3.63) is 35.6 Å². The van der Waals surface area contributed by atoms with Crippen LogP contribution in [0.15, 0.2) is 24.3 Å². The van der Waals surface area contributed by atoms with E-state index in [1.807, 2.05) is 13.8 Å². The van der Waals surface area contributed by atoms with Gasteiger partial charge in [-0.15, -0.1) is 0 Å². The van der Waals surface area contributed by atoms with E-state index >= 15 is 0 Å². The third-order valence-corrected chi connectivity index (χ3v) is 2.20. The Kier molecular flexibility index (Phi) is 3.97. The maximum absolute atomic E-state index is 13.3. The molecule has 1 rings (SSSR count). The molecular weight excluding hydrogens is 193 g/mol. The fourth-order valence-electron chi connectivity index (χ4n) is 1.48. The van der Waals surface area contributed by atoms with Crippen LogP contribution < -0.4 is 5.73 Å². The van der Waals surface area contributed by atoms with E-state index in [2.05, 4.69) is 0 Å². The molecule has 1 atom stereocenters. The largest absolute Gasteiger partial charge is 0.321 e. The van der Waals surface area contributed by atoms with Gasteiger partial charge in [0.15, 0.2) is 5.78 Å². The van der Waals surface area contributed by atoms with Gasteiger partial charge in [-0.2, -0.15) is 0 Å². The predicted molar refractivity (Wildman–Crippen MR) is 58.2 cm³/mol. The number of halogens is 1. The summed E-state index contributed by atoms with van der Waals surface area (Å²) in [6.07, 6.45) is 0.577. The lowest BCUT2D eigenvalue weighted by molar-refractivity contribution is 0.0947. The van der Waals surface area contributed by atoms with Crippen LogP contribution in [0.25, 0.3) is 0 Å². The van der Waals surface area contributed by atoms with Gasteiger partial charge < -0.3 is 5.73 Å². The predicted octanol–water partition coefficient (Wildman–Crippen LogP) is 2.38. The molecule has 1 aromatic rings. The first-order valence-corrected chi connectivity index (χ1v) is 5.06. The van der Waals surface area contributed by atoms with E-state index in [-0.39, 0.29) is 11.3 Å². The Morgan fingerprint density at radius 3 is 2.53 bits per heavy atom. The van der Waals surface area contributed by atoms with Gasteiger partial charge in [-0.25, -0.2) is 4.39 Å². The summed E-state index contributed by atoms with van der Waals surface area (Å²) in [6.45, 7) is 3.96. The summed E-state index contributed by atoms with van der Waals surface area (Å²) < 4.78 is 13.3. The van der Waals surface area contributed by atoms with Crippen molar-refractivity contribution in [2.45, 2.75) is 26.3 Å². The molecule has 82 valence electrons. The second-order valence-corrected chi connectivity index (χ2v) is 4.08. The zero-order chi connectivity index (χ0) is 11.4. The Morgan fingerprint density at radius 1 is 1.40 bits per heavy atom. The first-order valence-electron chi connectivity index (χ1n) is 5.06. The highest BCUT2D eigenvalue weighted by molar-refractivity contribution is 6.00. The van der Waals surface area contributed by atoms with Crippen LogP contribution in [0.4, 0.5) is 4.39 Å². The molecule has 2 N–H and O–H groups in total. The number of carbonyl (C=O) groups is 1. The number of carbonyl (C=O) groups excluding carboxylic acids is 1. The van der Waals surface area contributed by atoms with Crippen molar-refractivity contribution in [2.75, 3.05) is 0 Å². The molecule has 0 fully saturated rings. The third-order valence-electron chi connectivity index (χ3n) is 2.20. The van der Waals surface area contributed by atoms with Crippen molar-refractivity contribution in [3.8, 4) is 0 Å². The van der Waals surface area contributed by atoms with E-state index in [4.69, 9.17) is 5.73 Å². The van der Waals surface area contributed by atoms with E-state index in [1.165, 1.54) is 12.1 Å². The van der Waals surface area contributed by atoms with Crippen LogP contribution in [0.2, 0.25) is 0 Å². The minimum absolute atomic E-state index is 0.0886. The third kappa shape index (κ3) is 3.13.